The number of hydrogen-bond donors (Lipinski definition) is 2. The Morgan fingerprint density at radius 2 is 1.88 bits per heavy atom. The van der Waals surface area contributed by atoms with E-state index in [4.69, 9.17) is 17.3 Å². The summed E-state index contributed by atoms with van der Waals surface area (Å²) in [6.45, 7) is 0.612. The van der Waals surface area contributed by atoms with Gasteiger partial charge in [0.05, 0.1) is 0 Å². The van der Waals surface area contributed by atoms with Crippen LogP contribution in [-0.4, -0.2) is 15.0 Å². The Morgan fingerprint density at radius 1 is 1.12 bits per heavy atom. The largest absolute Gasteiger partial charge is 0.368 e. The molecule has 0 aliphatic rings. The molecule has 5 nitrogen and oxygen atoms in total. The van der Waals surface area contributed by atoms with Crippen LogP contribution in [0.2, 0.25) is 5.28 Å². The first-order valence-corrected chi connectivity index (χ1v) is 5.07. The molecule has 0 fully saturated rings. The predicted molar refractivity (Wildman–Crippen MR) is 63.0 cm³/mol. The SMILES string of the molecule is Nc1nc(Cl)nc(NCc2ccccc2)n1. The normalized spacial score (nSPS) is 10.1. The number of rotatable bonds is 3. The number of nitrogen functional groups attached to an aromatic ring is 1. The van der Waals surface area contributed by atoms with Gasteiger partial charge in [0.15, 0.2) is 0 Å². The molecule has 0 bridgehead atoms. The highest BCUT2D eigenvalue weighted by molar-refractivity contribution is 6.28. The maximum absolute atomic E-state index is 5.65. The van der Waals surface area contributed by atoms with Crippen LogP contribution < -0.4 is 11.1 Å². The van der Waals surface area contributed by atoms with E-state index in [1.54, 1.807) is 0 Å². The summed E-state index contributed by atoms with van der Waals surface area (Å²) in [5.41, 5.74) is 6.56. The van der Waals surface area contributed by atoms with Crippen molar-refractivity contribution in [3.05, 3.63) is 41.2 Å². The summed E-state index contributed by atoms with van der Waals surface area (Å²) < 4.78 is 0. The first-order valence-electron chi connectivity index (χ1n) is 4.69. The lowest BCUT2D eigenvalue weighted by Gasteiger charge is -2.04. The number of halogens is 1. The van der Waals surface area contributed by atoms with E-state index in [1.807, 2.05) is 30.3 Å². The molecule has 0 saturated carbocycles. The number of benzene rings is 1. The van der Waals surface area contributed by atoms with Crippen molar-refractivity contribution in [2.24, 2.45) is 0 Å². The second-order valence-electron chi connectivity index (χ2n) is 3.13. The topological polar surface area (TPSA) is 76.7 Å². The zero-order valence-corrected chi connectivity index (χ0v) is 9.15. The van der Waals surface area contributed by atoms with Gasteiger partial charge in [-0.05, 0) is 17.2 Å². The smallest absolute Gasteiger partial charge is 0.229 e. The van der Waals surface area contributed by atoms with Crippen LogP contribution in [-0.2, 0) is 6.54 Å². The molecule has 0 amide bonds. The van der Waals surface area contributed by atoms with Crippen LogP contribution >= 0.6 is 11.6 Å². The molecule has 6 heteroatoms. The molecule has 0 atom stereocenters. The lowest BCUT2D eigenvalue weighted by molar-refractivity contribution is 1.01. The molecule has 1 aromatic carbocycles. The van der Waals surface area contributed by atoms with Crippen LogP contribution in [0.1, 0.15) is 5.56 Å². The molecule has 1 heterocycles. The lowest BCUT2D eigenvalue weighted by atomic mass is 10.2. The monoisotopic (exact) mass is 235 g/mol. The van der Waals surface area contributed by atoms with Crippen molar-refractivity contribution in [2.45, 2.75) is 6.54 Å². The Morgan fingerprint density at radius 3 is 2.56 bits per heavy atom. The summed E-state index contributed by atoms with van der Waals surface area (Å²) in [5, 5.41) is 3.10. The Labute approximate surface area is 97.7 Å². The predicted octanol–water partition coefficient (Wildman–Crippen LogP) is 1.72. The molecule has 82 valence electrons. The van der Waals surface area contributed by atoms with Gasteiger partial charge in [0.25, 0.3) is 0 Å². The fourth-order valence-electron chi connectivity index (χ4n) is 1.22. The lowest BCUT2D eigenvalue weighted by Crippen LogP contribution is -2.06. The average molecular weight is 236 g/mol. The van der Waals surface area contributed by atoms with Crippen molar-refractivity contribution in [3.63, 3.8) is 0 Å². The molecular formula is C10H10ClN5. The number of hydrogen-bond acceptors (Lipinski definition) is 5. The summed E-state index contributed by atoms with van der Waals surface area (Å²) >= 11 is 5.65. The Bertz CT molecular complexity index is 454. The molecule has 2 aromatic rings. The van der Waals surface area contributed by atoms with Gasteiger partial charge in [-0.25, -0.2) is 0 Å². The highest BCUT2D eigenvalue weighted by atomic mass is 35.5. The van der Waals surface area contributed by atoms with Crippen molar-refractivity contribution in [3.8, 4) is 0 Å². The zero-order valence-electron chi connectivity index (χ0n) is 8.39. The maximum atomic E-state index is 5.65. The van der Waals surface area contributed by atoms with Crippen molar-refractivity contribution < 1.29 is 0 Å². The quantitative estimate of drug-likeness (QED) is 0.847. The van der Waals surface area contributed by atoms with Crippen molar-refractivity contribution >= 4 is 23.5 Å². The van der Waals surface area contributed by atoms with E-state index in [0.717, 1.165) is 5.56 Å². The fourth-order valence-corrected chi connectivity index (χ4v) is 1.39. The maximum Gasteiger partial charge on any atom is 0.229 e. The number of nitrogens with two attached hydrogens (primary N) is 1. The summed E-state index contributed by atoms with van der Waals surface area (Å²) in [6.07, 6.45) is 0. The third-order valence-corrected chi connectivity index (χ3v) is 2.09. The third-order valence-electron chi connectivity index (χ3n) is 1.92. The van der Waals surface area contributed by atoms with Crippen molar-refractivity contribution in [1.29, 1.82) is 0 Å². The van der Waals surface area contributed by atoms with E-state index in [2.05, 4.69) is 20.3 Å². The number of nitrogens with one attached hydrogen (secondary N) is 1. The summed E-state index contributed by atoms with van der Waals surface area (Å²) in [4.78, 5) is 11.5. The van der Waals surface area contributed by atoms with Crippen LogP contribution in [0.15, 0.2) is 30.3 Å². The van der Waals surface area contributed by atoms with Crippen molar-refractivity contribution in [2.75, 3.05) is 11.1 Å². The highest BCUT2D eigenvalue weighted by Crippen LogP contribution is 2.08. The Balaban J connectivity index is 2.05. The first kappa shape index (κ1) is 10.6. The molecule has 3 N–H and O–H groups in total. The molecule has 0 aliphatic carbocycles. The molecule has 16 heavy (non-hydrogen) atoms. The van der Waals surface area contributed by atoms with E-state index in [0.29, 0.717) is 12.5 Å². The van der Waals surface area contributed by atoms with Gasteiger partial charge in [-0.15, -0.1) is 0 Å². The van der Waals surface area contributed by atoms with E-state index >= 15 is 0 Å². The van der Waals surface area contributed by atoms with E-state index in [-0.39, 0.29) is 11.2 Å². The second-order valence-corrected chi connectivity index (χ2v) is 3.46. The molecule has 1 aromatic heterocycles. The van der Waals surface area contributed by atoms with Gasteiger partial charge in [-0.3, -0.25) is 0 Å². The van der Waals surface area contributed by atoms with Crippen molar-refractivity contribution in [1.82, 2.24) is 15.0 Å². The van der Waals surface area contributed by atoms with Crippen LogP contribution in [0.3, 0.4) is 0 Å². The minimum atomic E-state index is 0.0862. The zero-order chi connectivity index (χ0) is 11.4. The molecule has 0 radical (unpaired) electrons. The van der Waals surface area contributed by atoms with Gasteiger partial charge in [0, 0.05) is 6.54 Å². The third kappa shape index (κ3) is 2.80. The average Bonchev–Trinajstić information content (AvgIpc) is 2.27. The molecule has 2 rings (SSSR count). The Hall–Kier alpha value is -1.88. The van der Waals surface area contributed by atoms with Gasteiger partial charge in [0.1, 0.15) is 0 Å². The van der Waals surface area contributed by atoms with E-state index < -0.39 is 0 Å². The summed E-state index contributed by atoms with van der Waals surface area (Å²) in [7, 11) is 0. The van der Waals surface area contributed by atoms with Crippen LogP contribution in [0.5, 0.6) is 0 Å². The molecule has 0 unspecified atom stereocenters. The van der Waals surface area contributed by atoms with Gasteiger partial charge in [0.2, 0.25) is 17.2 Å². The van der Waals surface area contributed by atoms with Gasteiger partial charge in [-0.2, -0.15) is 15.0 Å². The molecular weight excluding hydrogens is 226 g/mol. The minimum absolute atomic E-state index is 0.0862. The van der Waals surface area contributed by atoms with Gasteiger partial charge in [-0.1, -0.05) is 30.3 Å². The standard InChI is InChI=1S/C10H10ClN5/c11-8-14-9(12)16-10(15-8)13-6-7-4-2-1-3-5-7/h1-5H,6H2,(H3,12,13,14,15,16). The molecule has 0 aliphatic heterocycles. The van der Waals surface area contributed by atoms with Gasteiger partial charge >= 0.3 is 0 Å². The highest BCUT2D eigenvalue weighted by Gasteiger charge is 2.01. The number of nitrogens with zero attached hydrogens (tertiary/aromatic N) is 3. The summed E-state index contributed by atoms with van der Waals surface area (Å²) in [5.74, 6) is 0.483. The number of aromatic nitrogens is 3. The Kier molecular flexibility index (Phi) is 3.16. The van der Waals surface area contributed by atoms with E-state index in [1.165, 1.54) is 0 Å². The molecule has 0 spiro atoms. The van der Waals surface area contributed by atoms with Crippen LogP contribution in [0.25, 0.3) is 0 Å². The minimum Gasteiger partial charge on any atom is -0.368 e. The van der Waals surface area contributed by atoms with Crippen LogP contribution in [0.4, 0.5) is 11.9 Å². The second kappa shape index (κ2) is 4.76. The first-order chi connectivity index (χ1) is 7.74. The molecule has 0 saturated heterocycles. The fraction of sp³-hybridized carbons (Fsp3) is 0.100. The van der Waals surface area contributed by atoms with E-state index in [9.17, 15) is 0 Å². The van der Waals surface area contributed by atoms with Gasteiger partial charge < -0.3 is 11.1 Å². The number of anilines is 2. The van der Waals surface area contributed by atoms with Crippen LogP contribution in [0, 0.1) is 0 Å². The summed E-state index contributed by atoms with van der Waals surface area (Å²) in [6, 6.07) is 9.89.